The molecule has 0 bridgehead atoms. The molecule has 4 atom stereocenters. The maximum Gasteiger partial charge on any atom is 0.416 e. The van der Waals surface area contributed by atoms with Crippen molar-refractivity contribution >= 4 is 40.5 Å². The number of nitroso groups, excluding NO2 is 1. The number of anilines is 2. The van der Waals surface area contributed by atoms with E-state index in [0.29, 0.717) is 5.56 Å². The van der Waals surface area contributed by atoms with E-state index in [0.717, 1.165) is 0 Å². The van der Waals surface area contributed by atoms with E-state index in [2.05, 4.69) is 21.0 Å². The molecule has 1 unspecified atom stereocenters. The summed E-state index contributed by atoms with van der Waals surface area (Å²) in [7, 11) is 0. The summed E-state index contributed by atoms with van der Waals surface area (Å²) in [5.74, 6) is -1.44. The standard InChI is InChI=1S/C23H25FN6O7/c1-10-7-30-15-12(6-22(8-25-19(32)26-18(22)31)23(30,28-34)11(2)35-10)5-13-16(14(15)24)37-27-17(13)29-9-21(3,4)36-20(29)33/h5,10-11H,6-9H2,1-4H3,(H2,25,26,31,32)/t10-,11+,22?,23-/m1/s1. The molecular formula is C23H25FN6O7. The average molecular weight is 516 g/mol. The molecule has 3 fully saturated rings. The number of amides is 4. The summed E-state index contributed by atoms with van der Waals surface area (Å²) in [4.78, 5) is 53.4. The predicted molar refractivity (Wildman–Crippen MR) is 125 cm³/mol. The molecule has 4 aliphatic rings. The van der Waals surface area contributed by atoms with Gasteiger partial charge in [0.15, 0.2) is 11.6 Å². The number of halogens is 1. The van der Waals surface area contributed by atoms with Gasteiger partial charge in [-0.15, -0.1) is 4.91 Å². The van der Waals surface area contributed by atoms with E-state index in [-0.39, 0.29) is 48.5 Å². The summed E-state index contributed by atoms with van der Waals surface area (Å²) in [6.45, 7) is 6.83. The maximum atomic E-state index is 16.3. The minimum absolute atomic E-state index is 0.0384. The summed E-state index contributed by atoms with van der Waals surface area (Å²) in [5.41, 5.74) is -4.07. The van der Waals surface area contributed by atoms with Crippen LogP contribution in [0.1, 0.15) is 33.3 Å². The van der Waals surface area contributed by atoms with Crippen molar-refractivity contribution in [3.05, 3.63) is 22.4 Å². The second-order valence-corrected chi connectivity index (χ2v) is 10.7. The monoisotopic (exact) mass is 516 g/mol. The Morgan fingerprint density at radius 2 is 2.00 bits per heavy atom. The zero-order valence-corrected chi connectivity index (χ0v) is 20.6. The summed E-state index contributed by atoms with van der Waals surface area (Å²) in [6.07, 6.45) is -2.16. The minimum atomic E-state index is -1.87. The van der Waals surface area contributed by atoms with Gasteiger partial charge in [0.2, 0.25) is 17.2 Å². The third-order valence-electron chi connectivity index (χ3n) is 7.79. The van der Waals surface area contributed by atoms with Crippen molar-refractivity contribution in [3.63, 3.8) is 0 Å². The number of nitrogens with one attached hydrogen (secondary N) is 2. The molecule has 2 aromatic rings. The zero-order valence-electron chi connectivity index (χ0n) is 20.6. The van der Waals surface area contributed by atoms with E-state index in [1.165, 1.54) is 9.80 Å². The number of ether oxygens (including phenoxy) is 2. The second kappa shape index (κ2) is 7.37. The van der Waals surface area contributed by atoms with Gasteiger partial charge in [-0.3, -0.25) is 15.0 Å². The van der Waals surface area contributed by atoms with Crippen LogP contribution in [0.4, 0.5) is 25.5 Å². The highest BCUT2D eigenvalue weighted by atomic mass is 19.1. The molecule has 14 heteroatoms. The number of aromatic nitrogens is 1. The fourth-order valence-electron chi connectivity index (χ4n) is 6.32. The van der Waals surface area contributed by atoms with Gasteiger partial charge in [0.05, 0.1) is 23.7 Å². The number of hydrogen-bond donors (Lipinski definition) is 2. The fourth-order valence-corrected chi connectivity index (χ4v) is 6.32. The molecule has 37 heavy (non-hydrogen) atoms. The van der Waals surface area contributed by atoms with Crippen LogP contribution in [0.25, 0.3) is 11.0 Å². The highest BCUT2D eigenvalue weighted by Crippen LogP contribution is 2.55. The largest absolute Gasteiger partial charge is 0.441 e. The van der Waals surface area contributed by atoms with E-state index < -0.39 is 52.7 Å². The predicted octanol–water partition coefficient (Wildman–Crippen LogP) is 2.16. The van der Waals surface area contributed by atoms with Crippen molar-refractivity contribution in [2.75, 3.05) is 29.4 Å². The number of fused-ring (bicyclic) bond motifs is 5. The minimum Gasteiger partial charge on any atom is -0.441 e. The van der Waals surface area contributed by atoms with Crippen molar-refractivity contribution in [1.29, 1.82) is 0 Å². The van der Waals surface area contributed by atoms with Crippen LogP contribution in [0.3, 0.4) is 0 Å². The number of urea groups is 1. The number of imide groups is 1. The number of rotatable bonds is 2. The Balaban J connectivity index is 1.59. The highest BCUT2D eigenvalue weighted by Gasteiger charge is 2.70. The maximum absolute atomic E-state index is 16.3. The number of carbonyl (C=O) groups is 3. The number of morpholine rings is 1. The van der Waals surface area contributed by atoms with Crippen molar-refractivity contribution in [3.8, 4) is 0 Å². The van der Waals surface area contributed by atoms with E-state index in [9.17, 15) is 19.3 Å². The van der Waals surface area contributed by atoms with Gasteiger partial charge in [-0.2, -0.15) is 0 Å². The lowest BCUT2D eigenvalue weighted by molar-refractivity contribution is -0.152. The molecule has 2 N–H and O–H groups in total. The molecule has 0 saturated carbocycles. The van der Waals surface area contributed by atoms with E-state index in [1.807, 2.05) is 0 Å². The van der Waals surface area contributed by atoms with Crippen LogP contribution >= 0.6 is 0 Å². The van der Waals surface area contributed by atoms with Crippen molar-refractivity contribution in [2.45, 2.75) is 57.6 Å². The molecule has 3 saturated heterocycles. The molecule has 13 nitrogen and oxygen atoms in total. The smallest absolute Gasteiger partial charge is 0.416 e. The van der Waals surface area contributed by atoms with Crippen molar-refractivity contribution in [2.24, 2.45) is 10.6 Å². The van der Waals surface area contributed by atoms with E-state index >= 15 is 4.39 Å². The molecule has 6 rings (SSSR count). The lowest BCUT2D eigenvalue weighted by atomic mass is 9.63. The molecule has 4 amide bonds. The second-order valence-electron chi connectivity index (χ2n) is 10.7. The molecular weight excluding hydrogens is 491 g/mol. The third kappa shape index (κ3) is 2.92. The number of carbonyl (C=O) groups excluding carboxylic acids is 3. The fraction of sp³-hybridized carbons (Fsp3) is 0.565. The molecule has 4 aliphatic heterocycles. The quantitative estimate of drug-likeness (QED) is 0.571. The van der Waals surface area contributed by atoms with E-state index in [4.69, 9.17) is 14.0 Å². The summed E-state index contributed by atoms with van der Waals surface area (Å²) >= 11 is 0. The summed E-state index contributed by atoms with van der Waals surface area (Å²) in [6, 6.07) is 0.897. The molecule has 1 aromatic carbocycles. The van der Waals surface area contributed by atoms with Gasteiger partial charge in [-0.05, 0) is 50.9 Å². The number of benzene rings is 1. The number of hydrogen-bond acceptors (Lipinski definition) is 10. The highest BCUT2D eigenvalue weighted by molar-refractivity contribution is 6.04. The molecule has 0 radical (unpaired) electrons. The van der Waals surface area contributed by atoms with Crippen LogP contribution in [0.15, 0.2) is 15.8 Å². The van der Waals surface area contributed by atoms with Crippen LogP contribution in [-0.4, -0.2) is 66.3 Å². The Bertz CT molecular complexity index is 1390. The third-order valence-corrected chi connectivity index (χ3v) is 7.79. The zero-order chi connectivity index (χ0) is 26.5. The Morgan fingerprint density at radius 3 is 2.65 bits per heavy atom. The van der Waals surface area contributed by atoms with Gasteiger partial charge < -0.3 is 24.2 Å². The molecule has 0 aliphatic carbocycles. The first-order chi connectivity index (χ1) is 17.4. The number of nitrogens with zero attached hydrogens (tertiary/aromatic N) is 4. The summed E-state index contributed by atoms with van der Waals surface area (Å²) in [5, 5.41) is 12.5. The lowest BCUT2D eigenvalue weighted by Crippen LogP contribution is -2.79. The van der Waals surface area contributed by atoms with Crippen LogP contribution in [0, 0.1) is 16.1 Å². The van der Waals surface area contributed by atoms with Gasteiger partial charge >= 0.3 is 12.1 Å². The topological polar surface area (TPSA) is 156 Å². The lowest BCUT2D eigenvalue weighted by Gasteiger charge is -2.60. The Labute approximate surface area is 209 Å². The molecule has 1 aromatic heterocycles. The SMILES string of the molecule is C[C@@H]1CN2c3c(cc4c(N5CC(C)(C)OC5=O)noc4c3F)CC3(CNC(=O)NC3=O)[C@@]2(N=O)[C@H](C)O1. The Morgan fingerprint density at radius 1 is 1.24 bits per heavy atom. The van der Waals surface area contributed by atoms with Crippen molar-refractivity contribution in [1.82, 2.24) is 15.8 Å². The van der Waals surface area contributed by atoms with E-state index in [1.54, 1.807) is 33.8 Å². The molecule has 1 spiro atoms. The first-order valence-corrected chi connectivity index (χ1v) is 11.9. The first kappa shape index (κ1) is 23.6. The number of cyclic esters (lactones) is 1. The van der Waals surface area contributed by atoms with Crippen LogP contribution in [0.5, 0.6) is 0 Å². The van der Waals surface area contributed by atoms with Gasteiger partial charge in [-0.25, -0.2) is 14.0 Å². The Hall–Kier alpha value is -3.81. The Kier molecular flexibility index (Phi) is 4.70. The summed E-state index contributed by atoms with van der Waals surface area (Å²) < 4.78 is 33.0. The average Bonchev–Trinajstić information content (AvgIpc) is 3.35. The van der Waals surface area contributed by atoms with Gasteiger partial charge in [0.25, 0.3) is 0 Å². The van der Waals surface area contributed by atoms with Crippen LogP contribution in [-0.2, 0) is 20.7 Å². The molecule has 196 valence electrons. The van der Waals surface area contributed by atoms with Gasteiger partial charge in [0.1, 0.15) is 17.1 Å². The van der Waals surface area contributed by atoms with Crippen LogP contribution in [0.2, 0.25) is 0 Å². The van der Waals surface area contributed by atoms with Gasteiger partial charge in [-0.1, -0.05) is 5.16 Å². The normalized spacial score (nSPS) is 32.6. The van der Waals surface area contributed by atoms with Crippen molar-refractivity contribution < 1.29 is 32.8 Å². The van der Waals surface area contributed by atoms with Gasteiger partial charge in [0, 0.05) is 13.1 Å². The first-order valence-electron chi connectivity index (χ1n) is 11.9. The molecule has 5 heterocycles. The van der Waals surface area contributed by atoms with Crippen LogP contribution < -0.4 is 20.4 Å².